The molecule has 30 heavy (non-hydrogen) atoms. The number of nitrogens with zero attached hydrogens (tertiary/aromatic N) is 3. The van der Waals surface area contributed by atoms with Gasteiger partial charge in [0.1, 0.15) is 4.21 Å². The Balaban J connectivity index is 1.47. The van der Waals surface area contributed by atoms with Crippen molar-refractivity contribution in [3.63, 3.8) is 0 Å². The SMILES string of the molecule is Cc1nc(-c2csc(S(=O)(=O)N3CCC[C@H](C(=O)Nc4ccc(Cl)cc4)C3)c2)no1. The Morgan fingerprint density at radius 2 is 2.10 bits per heavy atom. The number of halogens is 1. The first-order valence-electron chi connectivity index (χ1n) is 9.29. The molecule has 0 bridgehead atoms. The summed E-state index contributed by atoms with van der Waals surface area (Å²) in [5.74, 6) is 0.130. The fourth-order valence-electron chi connectivity index (χ4n) is 3.27. The summed E-state index contributed by atoms with van der Waals surface area (Å²) in [6.45, 7) is 2.18. The van der Waals surface area contributed by atoms with E-state index in [1.165, 1.54) is 4.31 Å². The molecule has 1 saturated heterocycles. The van der Waals surface area contributed by atoms with Crippen LogP contribution in [0.4, 0.5) is 5.69 Å². The molecule has 1 atom stereocenters. The minimum Gasteiger partial charge on any atom is -0.339 e. The van der Waals surface area contributed by atoms with Gasteiger partial charge in [-0.15, -0.1) is 11.3 Å². The number of hydrogen-bond donors (Lipinski definition) is 1. The second-order valence-corrected chi connectivity index (χ2v) is 10.5. The quantitative estimate of drug-likeness (QED) is 0.613. The molecule has 1 N–H and O–H groups in total. The second-order valence-electron chi connectivity index (χ2n) is 6.99. The molecule has 4 rings (SSSR count). The van der Waals surface area contributed by atoms with E-state index in [0.29, 0.717) is 47.4 Å². The third-order valence-electron chi connectivity index (χ3n) is 4.82. The molecule has 1 aliphatic rings. The van der Waals surface area contributed by atoms with Crippen LogP contribution in [0.2, 0.25) is 5.02 Å². The second kappa shape index (κ2) is 8.46. The number of benzene rings is 1. The van der Waals surface area contributed by atoms with E-state index in [2.05, 4.69) is 15.5 Å². The Labute approximate surface area is 182 Å². The van der Waals surface area contributed by atoms with Crippen LogP contribution in [-0.4, -0.2) is 41.9 Å². The van der Waals surface area contributed by atoms with E-state index in [0.717, 1.165) is 11.3 Å². The maximum absolute atomic E-state index is 13.1. The van der Waals surface area contributed by atoms with Gasteiger partial charge < -0.3 is 9.84 Å². The molecule has 1 aromatic carbocycles. The third-order valence-corrected chi connectivity index (χ3v) is 8.35. The fraction of sp³-hybridized carbons (Fsp3) is 0.316. The van der Waals surface area contributed by atoms with Gasteiger partial charge in [-0.2, -0.15) is 9.29 Å². The summed E-state index contributed by atoms with van der Waals surface area (Å²) >= 11 is 6.97. The molecule has 3 aromatic rings. The highest BCUT2D eigenvalue weighted by molar-refractivity contribution is 7.91. The number of sulfonamides is 1. The summed E-state index contributed by atoms with van der Waals surface area (Å²) in [4.78, 5) is 16.8. The minimum atomic E-state index is -3.72. The van der Waals surface area contributed by atoms with Gasteiger partial charge in [0.2, 0.25) is 17.6 Å². The molecule has 1 fully saturated rings. The molecule has 11 heteroatoms. The Bertz CT molecular complexity index is 1160. The molecular weight excluding hydrogens is 448 g/mol. The summed E-state index contributed by atoms with van der Waals surface area (Å²) in [6.07, 6.45) is 1.24. The molecule has 0 unspecified atom stereocenters. The lowest BCUT2D eigenvalue weighted by molar-refractivity contribution is -0.120. The minimum absolute atomic E-state index is 0.135. The van der Waals surface area contributed by atoms with Crippen LogP contribution in [0.1, 0.15) is 18.7 Å². The summed E-state index contributed by atoms with van der Waals surface area (Å²) in [7, 11) is -3.72. The molecule has 0 radical (unpaired) electrons. The van der Waals surface area contributed by atoms with Crippen molar-refractivity contribution >= 4 is 44.6 Å². The predicted molar refractivity (Wildman–Crippen MR) is 114 cm³/mol. The van der Waals surface area contributed by atoms with E-state index >= 15 is 0 Å². The normalized spacial score (nSPS) is 17.7. The monoisotopic (exact) mass is 466 g/mol. The van der Waals surface area contributed by atoms with Crippen LogP contribution < -0.4 is 5.32 Å². The lowest BCUT2D eigenvalue weighted by Gasteiger charge is -2.30. The smallest absolute Gasteiger partial charge is 0.252 e. The van der Waals surface area contributed by atoms with Gasteiger partial charge in [0, 0.05) is 41.7 Å². The summed E-state index contributed by atoms with van der Waals surface area (Å²) in [6, 6.07) is 8.35. The zero-order valence-electron chi connectivity index (χ0n) is 16.0. The molecule has 158 valence electrons. The topological polar surface area (TPSA) is 105 Å². The highest BCUT2D eigenvalue weighted by atomic mass is 35.5. The number of carbonyl (C=O) groups excluding carboxylic acids is 1. The molecule has 0 spiro atoms. The van der Waals surface area contributed by atoms with Crippen molar-refractivity contribution in [3.8, 4) is 11.4 Å². The molecule has 0 aliphatic carbocycles. The zero-order chi connectivity index (χ0) is 21.3. The van der Waals surface area contributed by atoms with E-state index < -0.39 is 15.9 Å². The average Bonchev–Trinajstić information content (AvgIpc) is 3.39. The zero-order valence-corrected chi connectivity index (χ0v) is 18.4. The Kier molecular flexibility index (Phi) is 5.92. The summed E-state index contributed by atoms with van der Waals surface area (Å²) in [5, 5.41) is 8.92. The molecular formula is C19H19ClN4O4S2. The molecule has 3 heterocycles. The molecule has 1 aliphatic heterocycles. The van der Waals surface area contributed by atoms with Gasteiger partial charge in [0.05, 0.1) is 5.92 Å². The average molecular weight is 467 g/mol. The van der Waals surface area contributed by atoms with Crippen LogP contribution in [0.5, 0.6) is 0 Å². The maximum Gasteiger partial charge on any atom is 0.252 e. The number of aromatic nitrogens is 2. The van der Waals surface area contributed by atoms with Gasteiger partial charge in [0.25, 0.3) is 10.0 Å². The highest BCUT2D eigenvalue weighted by Crippen LogP contribution is 2.31. The van der Waals surface area contributed by atoms with Crippen LogP contribution in [-0.2, 0) is 14.8 Å². The standard InChI is InChI=1S/C19H19ClN4O4S2/c1-12-21-18(23-28-12)14-9-17(29-11-14)30(26,27)24-8-2-3-13(10-24)19(25)22-16-6-4-15(20)5-7-16/h4-7,9,11,13H,2-3,8,10H2,1H3,(H,22,25)/t13-/m0/s1. The van der Waals surface area contributed by atoms with Crippen molar-refractivity contribution in [2.45, 2.75) is 24.0 Å². The molecule has 0 saturated carbocycles. The van der Waals surface area contributed by atoms with Crippen molar-refractivity contribution in [2.75, 3.05) is 18.4 Å². The van der Waals surface area contributed by atoms with E-state index in [-0.39, 0.29) is 16.7 Å². The number of aryl methyl sites for hydroxylation is 1. The third kappa shape index (κ3) is 4.41. The van der Waals surface area contributed by atoms with E-state index in [1.54, 1.807) is 42.6 Å². The van der Waals surface area contributed by atoms with Crippen molar-refractivity contribution in [3.05, 3.63) is 46.6 Å². The number of nitrogens with one attached hydrogen (secondary N) is 1. The number of thiophene rings is 1. The van der Waals surface area contributed by atoms with Gasteiger partial charge >= 0.3 is 0 Å². The van der Waals surface area contributed by atoms with Gasteiger partial charge in [0.15, 0.2) is 0 Å². The first-order valence-corrected chi connectivity index (χ1v) is 12.0. The summed E-state index contributed by atoms with van der Waals surface area (Å²) in [5.41, 5.74) is 1.21. The molecule has 2 aromatic heterocycles. The first-order chi connectivity index (χ1) is 14.3. The van der Waals surface area contributed by atoms with Crippen molar-refractivity contribution in [2.24, 2.45) is 5.92 Å². The largest absolute Gasteiger partial charge is 0.339 e. The lowest BCUT2D eigenvalue weighted by atomic mass is 9.99. The maximum atomic E-state index is 13.1. The number of rotatable bonds is 5. The number of amides is 1. The van der Waals surface area contributed by atoms with Gasteiger partial charge in [-0.05, 0) is 43.2 Å². The van der Waals surface area contributed by atoms with Gasteiger partial charge in [-0.25, -0.2) is 8.42 Å². The fourth-order valence-corrected chi connectivity index (χ4v) is 6.23. The Morgan fingerprint density at radius 3 is 2.80 bits per heavy atom. The van der Waals surface area contributed by atoms with Crippen LogP contribution in [0, 0.1) is 12.8 Å². The number of carbonyl (C=O) groups is 1. The van der Waals surface area contributed by atoms with Crippen LogP contribution >= 0.6 is 22.9 Å². The lowest BCUT2D eigenvalue weighted by Crippen LogP contribution is -2.43. The van der Waals surface area contributed by atoms with E-state index in [1.807, 2.05) is 0 Å². The van der Waals surface area contributed by atoms with Crippen molar-refractivity contribution in [1.82, 2.24) is 14.4 Å². The van der Waals surface area contributed by atoms with Gasteiger partial charge in [-0.3, -0.25) is 4.79 Å². The van der Waals surface area contributed by atoms with Crippen LogP contribution in [0.25, 0.3) is 11.4 Å². The van der Waals surface area contributed by atoms with Crippen molar-refractivity contribution < 1.29 is 17.7 Å². The molecule has 1 amide bonds. The van der Waals surface area contributed by atoms with Crippen LogP contribution in [0.15, 0.2) is 44.4 Å². The Hall–Kier alpha value is -2.27. The highest BCUT2D eigenvalue weighted by Gasteiger charge is 2.34. The first kappa shape index (κ1) is 21.0. The number of anilines is 1. The molecule has 8 nitrogen and oxygen atoms in total. The Morgan fingerprint density at radius 1 is 1.33 bits per heavy atom. The van der Waals surface area contributed by atoms with Gasteiger partial charge in [-0.1, -0.05) is 16.8 Å². The van der Waals surface area contributed by atoms with E-state index in [9.17, 15) is 13.2 Å². The van der Waals surface area contributed by atoms with E-state index in [4.69, 9.17) is 16.1 Å². The summed E-state index contributed by atoms with van der Waals surface area (Å²) < 4.78 is 32.8. The van der Waals surface area contributed by atoms with Crippen LogP contribution in [0.3, 0.4) is 0 Å². The van der Waals surface area contributed by atoms with Crippen molar-refractivity contribution in [1.29, 1.82) is 0 Å². The number of piperidine rings is 1. The predicted octanol–water partition coefficient (Wildman–Crippen LogP) is 3.80. The number of hydrogen-bond acceptors (Lipinski definition) is 7.